The van der Waals surface area contributed by atoms with Crippen LogP contribution in [0.1, 0.15) is 11.7 Å². The molecule has 0 fully saturated rings. The van der Waals surface area contributed by atoms with Gasteiger partial charge in [-0.25, -0.2) is 4.79 Å². The number of nitrogens with zero attached hydrogens (tertiary/aromatic N) is 1. The zero-order valence-corrected chi connectivity index (χ0v) is 11.1. The molecule has 0 bridgehead atoms. The van der Waals surface area contributed by atoms with Crippen LogP contribution in [0.15, 0.2) is 36.5 Å². The van der Waals surface area contributed by atoms with E-state index in [9.17, 15) is 9.90 Å². The van der Waals surface area contributed by atoms with Crippen LogP contribution < -0.4 is 0 Å². The van der Waals surface area contributed by atoms with Gasteiger partial charge in [-0.3, -0.25) is 4.98 Å². The third-order valence-electron chi connectivity index (χ3n) is 2.49. The van der Waals surface area contributed by atoms with Crippen molar-refractivity contribution < 1.29 is 15.0 Å². The van der Waals surface area contributed by atoms with Crippen molar-refractivity contribution in [1.29, 1.82) is 0 Å². The van der Waals surface area contributed by atoms with Crippen LogP contribution in [-0.2, 0) is 4.79 Å². The Kier molecular flexibility index (Phi) is 4.04. The first-order valence-electron chi connectivity index (χ1n) is 5.30. The van der Waals surface area contributed by atoms with Gasteiger partial charge in [-0.15, -0.1) is 0 Å². The van der Waals surface area contributed by atoms with Crippen LogP contribution in [0.2, 0.25) is 10.0 Å². The number of carbonyl (C=O) groups is 1. The summed E-state index contributed by atoms with van der Waals surface area (Å²) in [7, 11) is 0. The number of pyridine rings is 1. The second-order valence-corrected chi connectivity index (χ2v) is 4.75. The van der Waals surface area contributed by atoms with Gasteiger partial charge in [-0.2, -0.15) is 0 Å². The smallest absolute Gasteiger partial charge is 0.337 e. The Balaban J connectivity index is 2.34. The molecule has 6 heteroatoms. The molecule has 2 rings (SSSR count). The van der Waals surface area contributed by atoms with E-state index < -0.39 is 12.1 Å². The Morgan fingerprint density at radius 2 is 1.79 bits per heavy atom. The van der Waals surface area contributed by atoms with E-state index in [4.69, 9.17) is 28.3 Å². The summed E-state index contributed by atoms with van der Waals surface area (Å²) in [5.41, 5.74) is 1.52. The van der Waals surface area contributed by atoms with E-state index in [0.717, 1.165) is 0 Å². The highest BCUT2D eigenvalue weighted by atomic mass is 35.5. The van der Waals surface area contributed by atoms with Crippen molar-refractivity contribution in [1.82, 2.24) is 4.98 Å². The molecule has 1 heterocycles. The monoisotopic (exact) mass is 297 g/mol. The summed E-state index contributed by atoms with van der Waals surface area (Å²) in [6, 6.07) is 8.10. The van der Waals surface area contributed by atoms with Gasteiger partial charge >= 0.3 is 5.97 Å². The molecule has 2 aromatic rings. The van der Waals surface area contributed by atoms with Gasteiger partial charge in [0.05, 0.1) is 5.69 Å². The van der Waals surface area contributed by atoms with Gasteiger partial charge in [0.25, 0.3) is 0 Å². The molecule has 0 aliphatic carbocycles. The van der Waals surface area contributed by atoms with E-state index in [-0.39, 0.29) is 5.56 Å². The van der Waals surface area contributed by atoms with Gasteiger partial charge in [0, 0.05) is 27.4 Å². The zero-order valence-electron chi connectivity index (χ0n) is 9.55. The first-order chi connectivity index (χ1) is 8.97. The Bertz CT molecular complexity index is 594. The van der Waals surface area contributed by atoms with Crippen LogP contribution in [0.4, 0.5) is 0 Å². The van der Waals surface area contributed by atoms with Crippen LogP contribution >= 0.6 is 23.2 Å². The predicted molar refractivity (Wildman–Crippen MR) is 72.3 cm³/mol. The van der Waals surface area contributed by atoms with Gasteiger partial charge < -0.3 is 10.2 Å². The van der Waals surface area contributed by atoms with Crippen molar-refractivity contribution in [3.63, 3.8) is 0 Å². The molecular formula is C13H9Cl2NO3. The summed E-state index contributed by atoms with van der Waals surface area (Å²) in [5, 5.41) is 19.0. The largest absolute Gasteiger partial charge is 0.479 e. The molecule has 2 N–H and O–H groups in total. The molecule has 19 heavy (non-hydrogen) atoms. The molecule has 0 amide bonds. The highest BCUT2D eigenvalue weighted by molar-refractivity contribution is 6.35. The number of hydrogen-bond donors (Lipinski definition) is 2. The maximum atomic E-state index is 10.6. The van der Waals surface area contributed by atoms with E-state index >= 15 is 0 Å². The highest BCUT2D eigenvalue weighted by Crippen LogP contribution is 2.26. The third-order valence-corrected chi connectivity index (χ3v) is 2.93. The summed E-state index contributed by atoms with van der Waals surface area (Å²) in [5.74, 6) is -1.32. The molecule has 0 spiro atoms. The van der Waals surface area contributed by atoms with Crippen molar-refractivity contribution >= 4 is 29.2 Å². The number of aliphatic hydroxyl groups excluding tert-OH is 1. The third kappa shape index (κ3) is 3.23. The summed E-state index contributed by atoms with van der Waals surface area (Å²) < 4.78 is 0. The number of rotatable bonds is 3. The van der Waals surface area contributed by atoms with Crippen LogP contribution in [0.3, 0.4) is 0 Å². The molecule has 4 nitrogen and oxygen atoms in total. The van der Waals surface area contributed by atoms with Crippen LogP contribution in [0.25, 0.3) is 11.3 Å². The highest BCUT2D eigenvalue weighted by Gasteiger charge is 2.16. The van der Waals surface area contributed by atoms with Crippen molar-refractivity contribution in [2.24, 2.45) is 0 Å². The molecule has 0 aliphatic rings. The molecular weight excluding hydrogens is 289 g/mol. The molecule has 98 valence electrons. The van der Waals surface area contributed by atoms with Crippen LogP contribution in [0.5, 0.6) is 0 Å². The number of carboxylic acid groups (broad SMARTS) is 1. The molecule has 1 aromatic carbocycles. The van der Waals surface area contributed by atoms with Crippen LogP contribution in [0, 0.1) is 0 Å². The normalized spacial score (nSPS) is 12.2. The topological polar surface area (TPSA) is 70.4 Å². The minimum Gasteiger partial charge on any atom is -0.479 e. The fraction of sp³-hybridized carbons (Fsp3) is 0.0769. The fourth-order valence-electron chi connectivity index (χ4n) is 1.58. The number of halogens is 2. The second kappa shape index (κ2) is 5.57. The standard InChI is InChI=1S/C13H9Cl2NO3/c14-9-3-8(4-10(15)5-9)11-2-1-7(6-16-11)12(17)13(18)19/h1-6,12,17H,(H,18,19)/t12-/m0/s1. The minimum atomic E-state index is -1.58. The molecule has 0 saturated heterocycles. The van der Waals surface area contributed by atoms with Crippen molar-refractivity contribution in [3.8, 4) is 11.3 Å². The van der Waals surface area contributed by atoms with Crippen molar-refractivity contribution in [2.45, 2.75) is 6.10 Å². The molecule has 0 aliphatic heterocycles. The lowest BCUT2D eigenvalue weighted by Crippen LogP contribution is -2.10. The lowest BCUT2D eigenvalue weighted by Gasteiger charge is -2.07. The van der Waals surface area contributed by atoms with E-state index in [1.165, 1.54) is 12.3 Å². The number of hydrogen-bond acceptors (Lipinski definition) is 3. The van der Waals surface area contributed by atoms with Gasteiger partial charge in [0.2, 0.25) is 0 Å². The summed E-state index contributed by atoms with van der Waals surface area (Å²) in [4.78, 5) is 14.7. The zero-order chi connectivity index (χ0) is 14.0. The Morgan fingerprint density at radius 1 is 1.16 bits per heavy atom. The van der Waals surface area contributed by atoms with Gasteiger partial charge in [0.15, 0.2) is 6.10 Å². The minimum absolute atomic E-state index is 0.212. The summed E-state index contributed by atoms with van der Waals surface area (Å²) >= 11 is 11.8. The Labute approximate surface area is 119 Å². The SMILES string of the molecule is O=C(O)[C@@H](O)c1ccc(-c2cc(Cl)cc(Cl)c2)nc1. The average molecular weight is 298 g/mol. The molecule has 0 saturated carbocycles. The summed E-state index contributed by atoms with van der Waals surface area (Å²) in [6.45, 7) is 0. The summed E-state index contributed by atoms with van der Waals surface area (Å²) in [6.07, 6.45) is -0.271. The Morgan fingerprint density at radius 3 is 2.26 bits per heavy atom. The molecule has 1 aromatic heterocycles. The number of aliphatic hydroxyl groups is 1. The molecule has 0 unspecified atom stereocenters. The predicted octanol–water partition coefficient (Wildman–Crippen LogP) is 3.17. The van der Waals surface area contributed by atoms with Gasteiger partial charge in [0.1, 0.15) is 0 Å². The first kappa shape index (κ1) is 13.8. The van der Waals surface area contributed by atoms with Crippen molar-refractivity contribution in [3.05, 3.63) is 52.1 Å². The van der Waals surface area contributed by atoms with E-state index in [2.05, 4.69) is 4.98 Å². The first-order valence-corrected chi connectivity index (χ1v) is 6.06. The second-order valence-electron chi connectivity index (χ2n) is 3.88. The average Bonchev–Trinajstić information content (AvgIpc) is 2.37. The fourth-order valence-corrected chi connectivity index (χ4v) is 2.11. The van der Waals surface area contributed by atoms with Gasteiger partial charge in [-0.1, -0.05) is 29.3 Å². The lowest BCUT2D eigenvalue weighted by atomic mass is 10.1. The quantitative estimate of drug-likeness (QED) is 0.913. The lowest BCUT2D eigenvalue weighted by molar-refractivity contribution is -0.146. The van der Waals surface area contributed by atoms with Crippen molar-refractivity contribution in [2.75, 3.05) is 0 Å². The van der Waals surface area contributed by atoms with E-state index in [0.29, 0.717) is 21.3 Å². The number of aromatic nitrogens is 1. The number of carboxylic acids is 1. The van der Waals surface area contributed by atoms with Gasteiger partial charge in [-0.05, 0) is 24.3 Å². The van der Waals surface area contributed by atoms with Crippen LogP contribution in [-0.4, -0.2) is 21.2 Å². The maximum Gasteiger partial charge on any atom is 0.337 e. The molecule has 0 radical (unpaired) electrons. The molecule has 1 atom stereocenters. The maximum absolute atomic E-state index is 10.6. The number of aliphatic carboxylic acids is 1. The number of benzene rings is 1. The Hall–Kier alpha value is -1.62. The van der Waals surface area contributed by atoms with E-state index in [1.807, 2.05) is 0 Å². The van der Waals surface area contributed by atoms with E-state index in [1.54, 1.807) is 24.3 Å².